The third kappa shape index (κ3) is 3.64. The monoisotopic (exact) mass is 288 g/mol. The number of rotatable bonds is 5. The maximum absolute atomic E-state index is 11.7. The number of aryl methyl sites for hydroxylation is 1. The first-order chi connectivity index (χ1) is 7.54. The van der Waals surface area contributed by atoms with Crippen molar-refractivity contribution < 1.29 is 9.90 Å². The van der Waals surface area contributed by atoms with Crippen molar-refractivity contribution in [3.63, 3.8) is 0 Å². The van der Waals surface area contributed by atoms with Gasteiger partial charge in [0, 0.05) is 24.3 Å². The molecule has 0 aliphatic rings. The molecule has 90 valence electrons. The lowest BCUT2D eigenvalue weighted by atomic mass is 10.2. The second kappa shape index (κ2) is 6.06. The summed E-state index contributed by atoms with van der Waals surface area (Å²) in [5, 5.41) is 12.1. The molecule has 4 nitrogen and oxygen atoms in total. The molecule has 0 saturated heterocycles. The fraction of sp³-hybridized carbons (Fsp3) is 0.545. The highest BCUT2D eigenvalue weighted by Gasteiger charge is 2.10. The van der Waals surface area contributed by atoms with E-state index in [9.17, 15) is 9.90 Å². The first-order valence-electron chi connectivity index (χ1n) is 5.32. The summed E-state index contributed by atoms with van der Waals surface area (Å²) in [5.74, 6) is -0.114. The summed E-state index contributed by atoms with van der Waals surface area (Å²) in [6.45, 7) is 2.41. The molecule has 1 unspecified atom stereocenters. The topological polar surface area (TPSA) is 54.3 Å². The number of nitrogens with zero attached hydrogens (tertiary/aromatic N) is 1. The van der Waals surface area contributed by atoms with Gasteiger partial charge in [0.1, 0.15) is 5.69 Å². The van der Waals surface area contributed by atoms with Crippen LogP contribution < -0.4 is 5.32 Å². The summed E-state index contributed by atoms with van der Waals surface area (Å²) in [7, 11) is 1.82. The molecule has 1 heterocycles. The molecular weight excluding hydrogens is 272 g/mol. The van der Waals surface area contributed by atoms with Gasteiger partial charge < -0.3 is 15.0 Å². The van der Waals surface area contributed by atoms with Gasteiger partial charge in [-0.05, 0) is 34.8 Å². The molecule has 1 aromatic heterocycles. The maximum Gasteiger partial charge on any atom is 0.267 e. The molecule has 1 amide bonds. The number of aliphatic hydroxyl groups excluding tert-OH is 1. The number of halogens is 1. The van der Waals surface area contributed by atoms with Gasteiger partial charge in [-0.2, -0.15) is 0 Å². The first-order valence-corrected chi connectivity index (χ1v) is 6.12. The molecule has 2 N–H and O–H groups in total. The summed E-state index contributed by atoms with van der Waals surface area (Å²) in [4.78, 5) is 11.7. The number of aliphatic hydroxyl groups is 1. The van der Waals surface area contributed by atoms with Gasteiger partial charge in [-0.3, -0.25) is 4.79 Å². The zero-order valence-corrected chi connectivity index (χ0v) is 11.1. The van der Waals surface area contributed by atoms with Crippen LogP contribution in [0.1, 0.15) is 30.3 Å². The van der Waals surface area contributed by atoms with E-state index in [0.717, 1.165) is 4.47 Å². The quantitative estimate of drug-likeness (QED) is 0.866. The first kappa shape index (κ1) is 13.3. The van der Waals surface area contributed by atoms with E-state index in [-0.39, 0.29) is 12.0 Å². The molecule has 0 aromatic carbocycles. The maximum atomic E-state index is 11.7. The molecular formula is C11H17BrN2O2. The van der Waals surface area contributed by atoms with Crippen LogP contribution >= 0.6 is 15.9 Å². The van der Waals surface area contributed by atoms with Crippen LogP contribution in [0.2, 0.25) is 0 Å². The van der Waals surface area contributed by atoms with Crippen molar-refractivity contribution in [2.24, 2.45) is 7.05 Å². The van der Waals surface area contributed by atoms with E-state index in [0.29, 0.717) is 25.1 Å². The molecule has 5 heteroatoms. The number of amides is 1. The number of hydrogen-bond donors (Lipinski definition) is 2. The van der Waals surface area contributed by atoms with E-state index in [1.807, 2.05) is 20.2 Å². The Balaban J connectivity index is 2.44. The SMILES string of the molecule is CCC(O)CCNC(=O)c1cc(Br)cn1C. The zero-order chi connectivity index (χ0) is 12.1. The molecule has 0 aliphatic carbocycles. The van der Waals surface area contributed by atoms with E-state index >= 15 is 0 Å². The lowest BCUT2D eigenvalue weighted by molar-refractivity contribution is 0.0934. The van der Waals surface area contributed by atoms with Crippen molar-refractivity contribution in [1.29, 1.82) is 0 Å². The number of carbonyl (C=O) groups is 1. The highest BCUT2D eigenvalue weighted by atomic mass is 79.9. The Hall–Kier alpha value is -0.810. The largest absolute Gasteiger partial charge is 0.393 e. The highest BCUT2D eigenvalue weighted by Crippen LogP contribution is 2.13. The lowest BCUT2D eigenvalue weighted by Gasteiger charge is -2.09. The van der Waals surface area contributed by atoms with Gasteiger partial charge in [-0.15, -0.1) is 0 Å². The standard InChI is InChI=1S/C11H17BrN2O2/c1-3-9(15)4-5-13-11(16)10-6-8(12)7-14(10)2/h6-7,9,15H,3-5H2,1-2H3,(H,13,16). The number of nitrogens with one attached hydrogen (secondary N) is 1. The summed E-state index contributed by atoms with van der Waals surface area (Å²) >= 11 is 3.31. The number of aromatic nitrogens is 1. The highest BCUT2D eigenvalue weighted by molar-refractivity contribution is 9.10. The van der Waals surface area contributed by atoms with Crippen LogP contribution in [0.5, 0.6) is 0 Å². The van der Waals surface area contributed by atoms with Gasteiger partial charge in [0.25, 0.3) is 5.91 Å². The Morgan fingerprint density at radius 1 is 1.69 bits per heavy atom. The van der Waals surface area contributed by atoms with Crippen LogP contribution in [-0.2, 0) is 7.05 Å². The molecule has 0 aliphatic heterocycles. The smallest absolute Gasteiger partial charge is 0.267 e. The van der Waals surface area contributed by atoms with Crippen molar-refractivity contribution in [2.45, 2.75) is 25.9 Å². The van der Waals surface area contributed by atoms with Crippen LogP contribution in [-0.4, -0.2) is 28.2 Å². The average molecular weight is 289 g/mol. The normalized spacial score (nSPS) is 12.5. The van der Waals surface area contributed by atoms with Gasteiger partial charge in [-0.1, -0.05) is 6.92 Å². The minimum atomic E-state index is -0.333. The lowest BCUT2D eigenvalue weighted by Crippen LogP contribution is -2.28. The summed E-state index contributed by atoms with van der Waals surface area (Å²) < 4.78 is 2.64. The molecule has 0 spiro atoms. The summed E-state index contributed by atoms with van der Waals surface area (Å²) in [6, 6.07) is 1.77. The van der Waals surface area contributed by atoms with Crippen molar-refractivity contribution in [1.82, 2.24) is 9.88 Å². The number of carbonyl (C=O) groups excluding carboxylic acids is 1. The Morgan fingerprint density at radius 2 is 2.38 bits per heavy atom. The van der Waals surface area contributed by atoms with Crippen LogP contribution in [0.4, 0.5) is 0 Å². The molecule has 1 rings (SSSR count). The van der Waals surface area contributed by atoms with Crippen molar-refractivity contribution in [2.75, 3.05) is 6.54 Å². The van der Waals surface area contributed by atoms with Crippen molar-refractivity contribution in [3.8, 4) is 0 Å². The number of hydrogen-bond acceptors (Lipinski definition) is 2. The van der Waals surface area contributed by atoms with Gasteiger partial charge in [0.05, 0.1) is 6.10 Å². The second-order valence-electron chi connectivity index (χ2n) is 3.76. The van der Waals surface area contributed by atoms with Crippen LogP contribution in [0.25, 0.3) is 0 Å². The van der Waals surface area contributed by atoms with Gasteiger partial charge in [0.15, 0.2) is 0 Å². The second-order valence-corrected chi connectivity index (χ2v) is 4.68. The van der Waals surface area contributed by atoms with E-state index in [4.69, 9.17) is 0 Å². The third-order valence-electron chi connectivity index (χ3n) is 2.44. The third-order valence-corrected chi connectivity index (χ3v) is 2.87. The minimum Gasteiger partial charge on any atom is -0.393 e. The van der Waals surface area contributed by atoms with E-state index < -0.39 is 0 Å². The Bertz CT molecular complexity index is 363. The van der Waals surface area contributed by atoms with Gasteiger partial charge in [0.2, 0.25) is 0 Å². The Labute approximate surface area is 104 Å². The molecule has 1 atom stereocenters. The van der Waals surface area contributed by atoms with Crippen LogP contribution in [0.3, 0.4) is 0 Å². The molecule has 0 bridgehead atoms. The van der Waals surface area contributed by atoms with E-state index in [1.165, 1.54) is 0 Å². The molecule has 0 fully saturated rings. The molecule has 0 radical (unpaired) electrons. The molecule has 1 aromatic rings. The van der Waals surface area contributed by atoms with E-state index in [2.05, 4.69) is 21.2 Å². The summed E-state index contributed by atoms with van der Waals surface area (Å²) in [5.41, 5.74) is 0.609. The van der Waals surface area contributed by atoms with Gasteiger partial charge >= 0.3 is 0 Å². The average Bonchev–Trinajstić information content (AvgIpc) is 2.57. The van der Waals surface area contributed by atoms with Crippen LogP contribution in [0.15, 0.2) is 16.7 Å². The van der Waals surface area contributed by atoms with Crippen molar-refractivity contribution >= 4 is 21.8 Å². The fourth-order valence-corrected chi connectivity index (χ4v) is 1.92. The zero-order valence-electron chi connectivity index (χ0n) is 9.53. The van der Waals surface area contributed by atoms with E-state index in [1.54, 1.807) is 10.6 Å². The molecule has 16 heavy (non-hydrogen) atoms. The fourth-order valence-electron chi connectivity index (χ4n) is 1.40. The summed E-state index contributed by atoms with van der Waals surface area (Å²) in [6.07, 6.45) is 2.80. The predicted octanol–water partition coefficient (Wildman–Crippen LogP) is 1.68. The van der Waals surface area contributed by atoms with Gasteiger partial charge in [-0.25, -0.2) is 0 Å². The Morgan fingerprint density at radius 3 is 2.88 bits per heavy atom. The van der Waals surface area contributed by atoms with Crippen molar-refractivity contribution in [3.05, 3.63) is 22.4 Å². The van der Waals surface area contributed by atoms with Crippen LogP contribution in [0, 0.1) is 0 Å². The minimum absolute atomic E-state index is 0.114. The molecule has 0 saturated carbocycles. The predicted molar refractivity (Wildman–Crippen MR) is 66.4 cm³/mol. The Kier molecular flexibility index (Phi) is 5.02.